The molecule has 0 unspecified atom stereocenters. The van der Waals surface area contributed by atoms with Gasteiger partial charge in [0.25, 0.3) is 5.69 Å². The molecule has 1 aromatic heterocycles. The van der Waals surface area contributed by atoms with Crippen molar-refractivity contribution in [3.8, 4) is 0 Å². The van der Waals surface area contributed by atoms with Gasteiger partial charge in [0.15, 0.2) is 0 Å². The van der Waals surface area contributed by atoms with Crippen molar-refractivity contribution in [2.75, 3.05) is 5.32 Å². The topological polar surface area (TPSA) is 97.4 Å². The summed E-state index contributed by atoms with van der Waals surface area (Å²) in [6.45, 7) is 0.189. The molecule has 98 valence electrons. The molecule has 0 aliphatic carbocycles. The number of benzene rings is 1. The fourth-order valence-electron chi connectivity index (χ4n) is 1.47. The summed E-state index contributed by atoms with van der Waals surface area (Å²) < 4.78 is 4.95. The van der Waals surface area contributed by atoms with Gasteiger partial charge in [-0.05, 0) is 11.6 Å². The molecule has 0 fully saturated rings. The summed E-state index contributed by atoms with van der Waals surface area (Å²) >= 11 is 0. The average molecular weight is 261 g/mol. The highest BCUT2D eigenvalue weighted by atomic mass is 16.6. The highest BCUT2D eigenvalue weighted by Gasteiger charge is 2.07. The molecule has 0 saturated carbocycles. The van der Waals surface area contributed by atoms with Crippen LogP contribution in [0.2, 0.25) is 0 Å². The van der Waals surface area contributed by atoms with Crippen LogP contribution in [0.4, 0.5) is 16.4 Å². The van der Waals surface area contributed by atoms with E-state index in [9.17, 15) is 14.9 Å². The zero-order valence-electron chi connectivity index (χ0n) is 9.83. The minimum Gasteiger partial charge on any atom is -0.449 e. The largest absolute Gasteiger partial charge is 0.449 e. The van der Waals surface area contributed by atoms with Crippen LogP contribution in [0.15, 0.2) is 47.1 Å². The summed E-state index contributed by atoms with van der Waals surface area (Å²) in [5.41, 5.74) is 0.634. The molecule has 0 spiro atoms. The Labute approximate surface area is 108 Å². The molecule has 0 radical (unpaired) electrons. The molecule has 0 bridgehead atoms. The zero-order chi connectivity index (χ0) is 13.7. The van der Waals surface area contributed by atoms with Gasteiger partial charge in [-0.1, -0.05) is 12.1 Å². The first kappa shape index (κ1) is 12.6. The first-order valence-electron chi connectivity index (χ1n) is 5.47. The van der Waals surface area contributed by atoms with Crippen molar-refractivity contribution in [1.29, 1.82) is 0 Å². The lowest BCUT2D eigenvalue weighted by Gasteiger charge is -2.05. The van der Waals surface area contributed by atoms with Gasteiger partial charge in [0.1, 0.15) is 0 Å². The van der Waals surface area contributed by atoms with Gasteiger partial charge in [0, 0.05) is 24.7 Å². The van der Waals surface area contributed by atoms with E-state index in [-0.39, 0.29) is 12.2 Å². The molecule has 7 heteroatoms. The van der Waals surface area contributed by atoms with Crippen molar-refractivity contribution in [3.63, 3.8) is 0 Å². The third-order valence-electron chi connectivity index (χ3n) is 2.33. The van der Waals surface area contributed by atoms with Gasteiger partial charge < -0.3 is 9.73 Å². The number of non-ortho nitro benzene ring substituents is 1. The predicted octanol–water partition coefficient (Wildman–Crippen LogP) is 2.51. The second-order valence-corrected chi connectivity index (χ2v) is 3.71. The maximum absolute atomic E-state index is 11.5. The van der Waals surface area contributed by atoms with Crippen LogP contribution >= 0.6 is 0 Å². The third-order valence-corrected chi connectivity index (χ3v) is 2.33. The van der Waals surface area contributed by atoms with Crippen LogP contribution < -0.4 is 10.6 Å². The molecular weight excluding hydrogens is 250 g/mol. The fourth-order valence-corrected chi connectivity index (χ4v) is 1.47. The predicted molar refractivity (Wildman–Crippen MR) is 67.7 cm³/mol. The Morgan fingerprint density at radius 1 is 1.32 bits per heavy atom. The van der Waals surface area contributed by atoms with Gasteiger partial charge in [-0.2, -0.15) is 0 Å². The number of urea groups is 1. The van der Waals surface area contributed by atoms with E-state index in [2.05, 4.69) is 10.6 Å². The summed E-state index contributed by atoms with van der Waals surface area (Å²) in [6, 6.07) is 8.88. The Morgan fingerprint density at radius 2 is 2.16 bits per heavy atom. The van der Waals surface area contributed by atoms with Crippen molar-refractivity contribution >= 4 is 17.6 Å². The SMILES string of the molecule is O=C(NCc1cccc([N+](=O)[O-])c1)Nc1ccco1. The number of nitrogens with zero attached hydrogens (tertiary/aromatic N) is 1. The number of amides is 2. The molecule has 2 N–H and O–H groups in total. The van der Waals surface area contributed by atoms with Gasteiger partial charge in [-0.25, -0.2) is 4.79 Å². The highest BCUT2D eigenvalue weighted by molar-refractivity contribution is 5.87. The van der Waals surface area contributed by atoms with Crippen LogP contribution in [0.1, 0.15) is 5.56 Å². The van der Waals surface area contributed by atoms with Crippen molar-refractivity contribution in [3.05, 3.63) is 58.3 Å². The van der Waals surface area contributed by atoms with E-state index in [1.54, 1.807) is 24.3 Å². The van der Waals surface area contributed by atoms with E-state index in [0.29, 0.717) is 11.4 Å². The van der Waals surface area contributed by atoms with E-state index in [0.717, 1.165) is 0 Å². The molecule has 0 atom stereocenters. The van der Waals surface area contributed by atoms with Crippen molar-refractivity contribution in [1.82, 2.24) is 5.32 Å². The van der Waals surface area contributed by atoms with E-state index >= 15 is 0 Å². The van der Waals surface area contributed by atoms with Gasteiger partial charge in [-0.3, -0.25) is 15.4 Å². The molecule has 1 heterocycles. The minimum atomic E-state index is -0.480. The maximum atomic E-state index is 11.5. The molecule has 0 aliphatic rings. The van der Waals surface area contributed by atoms with E-state index in [1.807, 2.05) is 0 Å². The average Bonchev–Trinajstić information content (AvgIpc) is 2.89. The maximum Gasteiger partial charge on any atom is 0.321 e. The number of carbonyl (C=O) groups is 1. The van der Waals surface area contributed by atoms with E-state index < -0.39 is 11.0 Å². The smallest absolute Gasteiger partial charge is 0.321 e. The summed E-state index contributed by atoms with van der Waals surface area (Å²) in [7, 11) is 0. The number of nitro benzene ring substituents is 1. The Bertz CT molecular complexity index is 580. The van der Waals surface area contributed by atoms with Gasteiger partial charge in [-0.15, -0.1) is 0 Å². The van der Waals surface area contributed by atoms with Crippen LogP contribution in [-0.4, -0.2) is 11.0 Å². The number of carbonyl (C=O) groups excluding carboxylic acids is 1. The second kappa shape index (κ2) is 5.67. The molecule has 0 saturated heterocycles. The van der Waals surface area contributed by atoms with Gasteiger partial charge in [0.05, 0.1) is 11.2 Å². The Hall–Kier alpha value is -2.83. The number of nitro groups is 1. The first-order chi connectivity index (χ1) is 9.15. The normalized spacial score (nSPS) is 9.89. The van der Waals surface area contributed by atoms with Crippen LogP contribution in [0.3, 0.4) is 0 Å². The number of rotatable bonds is 4. The highest BCUT2D eigenvalue weighted by Crippen LogP contribution is 2.13. The number of hydrogen-bond donors (Lipinski definition) is 2. The molecule has 2 aromatic rings. The number of furan rings is 1. The standard InChI is InChI=1S/C12H11N3O4/c16-12(14-11-5-2-6-19-11)13-8-9-3-1-4-10(7-9)15(17)18/h1-7H,8H2,(H2,13,14,16). The first-order valence-corrected chi connectivity index (χ1v) is 5.47. The van der Waals surface area contributed by atoms with Crippen molar-refractivity contribution in [2.45, 2.75) is 6.54 Å². The molecule has 2 amide bonds. The molecule has 0 aliphatic heterocycles. The van der Waals surface area contributed by atoms with E-state index in [4.69, 9.17) is 4.42 Å². The van der Waals surface area contributed by atoms with Crippen LogP contribution in [0.5, 0.6) is 0 Å². The molecule has 1 aromatic carbocycles. The van der Waals surface area contributed by atoms with Gasteiger partial charge in [0.2, 0.25) is 5.88 Å². The summed E-state index contributed by atoms with van der Waals surface area (Å²) in [4.78, 5) is 21.6. The van der Waals surface area contributed by atoms with Crippen LogP contribution in [0.25, 0.3) is 0 Å². The van der Waals surface area contributed by atoms with Crippen LogP contribution in [-0.2, 0) is 6.54 Å². The fraction of sp³-hybridized carbons (Fsp3) is 0.0833. The van der Waals surface area contributed by atoms with E-state index in [1.165, 1.54) is 18.4 Å². The molecular formula is C12H11N3O4. The minimum absolute atomic E-state index is 0.00857. The van der Waals surface area contributed by atoms with Gasteiger partial charge >= 0.3 is 6.03 Å². The zero-order valence-corrected chi connectivity index (χ0v) is 9.83. The Kier molecular flexibility index (Phi) is 3.77. The number of hydrogen-bond acceptors (Lipinski definition) is 4. The molecule has 7 nitrogen and oxygen atoms in total. The lowest BCUT2D eigenvalue weighted by atomic mass is 10.2. The quantitative estimate of drug-likeness (QED) is 0.652. The summed E-state index contributed by atoms with van der Waals surface area (Å²) in [5, 5.41) is 15.6. The number of anilines is 1. The lowest BCUT2D eigenvalue weighted by molar-refractivity contribution is -0.384. The summed E-state index contributed by atoms with van der Waals surface area (Å²) in [5.74, 6) is 0.330. The lowest BCUT2D eigenvalue weighted by Crippen LogP contribution is -2.27. The molecule has 2 rings (SSSR count). The van der Waals surface area contributed by atoms with Crippen LogP contribution in [0, 0.1) is 10.1 Å². The summed E-state index contributed by atoms with van der Waals surface area (Å²) in [6.07, 6.45) is 1.44. The van der Waals surface area contributed by atoms with Crippen molar-refractivity contribution in [2.24, 2.45) is 0 Å². The Balaban J connectivity index is 1.89. The third kappa shape index (κ3) is 3.56. The number of nitrogens with one attached hydrogen (secondary N) is 2. The second-order valence-electron chi connectivity index (χ2n) is 3.71. The monoisotopic (exact) mass is 261 g/mol. The molecule has 19 heavy (non-hydrogen) atoms. The Morgan fingerprint density at radius 3 is 2.84 bits per heavy atom. The van der Waals surface area contributed by atoms with Crippen molar-refractivity contribution < 1.29 is 14.1 Å².